The Balaban J connectivity index is 1.96. The van der Waals surface area contributed by atoms with E-state index in [1.165, 1.54) is 9.75 Å². The fraction of sp³-hybridized carbons (Fsp3) is 0.385. The van der Waals surface area contributed by atoms with Crippen molar-refractivity contribution in [2.45, 2.75) is 18.9 Å². The lowest BCUT2D eigenvalue weighted by atomic mass is 10.1. The van der Waals surface area contributed by atoms with Gasteiger partial charge in [0.15, 0.2) is 0 Å². The van der Waals surface area contributed by atoms with Crippen LogP contribution in [0.5, 0.6) is 5.75 Å². The molecule has 1 unspecified atom stereocenters. The van der Waals surface area contributed by atoms with Gasteiger partial charge in [-0.25, -0.2) is 0 Å². The average molecular weight is 267 g/mol. The van der Waals surface area contributed by atoms with Crippen molar-refractivity contribution in [2.75, 3.05) is 14.2 Å². The number of ether oxygens (including phenoxy) is 1. The van der Waals surface area contributed by atoms with Gasteiger partial charge in [0.2, 0.25) is 0 Å². The highest BCUT2D eigenvalue weighted by atomic mass is 32.1. The molecule has 0 aromatic carbocycles. The van der Waals surface area contributed by atoms with Crippen molar-refractivity contribution < 1.29 is 4.74 Å². The molecule has 0 aliphatic carbocycles. The van der Waals surface area contributed by atoms with Gasteiger partial charge >= 0.3 is 0 Å². The van der Waals surface area contributed by atoms with Crippen LogP contribution in [-0.2, 0) is 6.42 Å². The van der Waals surface area contributed by atoms with E-state index in [9.17, 15) is 0 Å². The molecule has 0 amide bonds. The maximum absolute atomic E-state index is 5.22. The molecule has 0 saturated heterocycles. The Bertz CT molecular complexity index is 436. The van der Waals surface area contributed by atoms with Gasteiger partial charge in [0.25, 0.3) is 0 Å². The summed E-state index contributed by atoms with van der Waals surface area (Å²) in [5.41, 5.74) is 0. The van der Waals surface area contributed by atoms with Gasteiger partial charge in [-0.05, 0) is 37.4 Å². The van der Waals surface area contributed by atoms with Gasteiger partial charge in [0.05, 0.1) is 7.11 Å². The molecule has 0 aliphatic heterocycles. The summed E-state index contributed by atoms with van der Waals surface area (Å²) in [7, 11) is 3.73. The zero-order chi connectivity index (χ0) is 12.1. The molecule has 1 N–H and O–H groups in total. The third-order valence-corrected chi connectivity index (χ3v) is 4.74. The summed E-state index contributed by atoms with van der Waals surface area (Å²) >= 11 is 3.59. The third kappa shape index (κ3) is 3.31. The van der Waals surface area contributed by atoms with Crippen molar-refractivity contribution in [1.29, 1.82) is 0 Å². The summed E-state index contributed by atoms with van der Waals surface area (Å²) in [5, 5.41) is 7.57. The minimum Gasteiger partial charge on any atom is -0.496 e. The van der Waals surface area contributed by atoms with Gasteiger partial charge in [-0.2, -0.15) is 0 Å². The van der Waals surface area contributed by atoms with Crippen LogP contribution in [0.3, 0.4) is 0 Å². The highest BCUT2D eigenvalue weighted by Crippen LogP contribution is 2.29. The van der Waals surface area contributed by atoms with Crippen LogP contribution in [0, 0.1) is 0 Å². The first-order valence-corrected chi connectivity index (χ1v) is 7.41. The second kappa shape index (κ2) is 6.19. The number of aryl methyl sites for hydroxylation is 1. The smallest absolute Gasteiger partial charge is 0.129 e. The zero-order valence-corrected chi connectivity index (χ0v) is 11.7. The topological polar surface area (TPSA) is 21.3 Å². The van der Waals surface area contributed by atoms with Crippen molar-refractivity contribution in [3.63, 3.8) is 0 Å². The van der Waals surface area contributed by atoms with Crippen LogP contribution in [0.1, 0.15) is 22.2 Å². The van der Waals surface area contributed by atoms with E-state index in [1.54, 1.807) is 18.4 Å². The first-order valence-electron chi connectivity index (χ1n) is 5.65. The highest BCUT2D eigenvalue weighted by Gasteiger charge is 2.12. The van der Waals surface area contributed by atoms with Crippen molar-refractivity contribution in [1.82, 2.24) is 5.32 Å². The quantitative estimate of drug-likeness (QED) is 0.861. The molecule has 2 aromatic rings. The standard InChI is InChI=1S/C13H17NOS2/c1-14-12(6-5-11-4-3-7-16-11)13-8-10(15-2)9-17-13/h3-4,7-9,12,14H,5-6H2,1-2H3. The molecule has 0 fully saturated rings. The molecule has 4 heteroatoms. The van der Waals surface area contributed by atoms with Crippen molar-refractivity contribution in [3.05, 3.63) is 38.7 Å². The maximum Gasteiger partial charge on any atom is 0.129 e. The van der Waals surface area contributed by atoms with Crippen LogP contribution in [-0.4, -0.2) is 14.2 Å². The Morgan fingerprint density at radius 2 is 2.29 bits per heavy atom. The summed E-state index contributed by atoms with van der Waals surface area (Å²) in [6.07, 6.45) is 2.25. The van der Waals surface area contributed by atoms with Crippen molar-refractivity contribution in [2.24, 2.45) is 0 Å². The summed E-state index contributed by atoms with van der Waals surface area (Å²) in [5.74, 6) is 0.960. The van der Waals surface area contributed by atoms with E-state index >= 15 is 0 Å². The predicted octanol–water partition coefficient (Wildman–Crippen LogP) is 3.71. The number of nitrogens with one attached hydrogen (secondary N) is 1. The van der Waals surface area contributed by atoms with Gasteiger partial charge in [-0.1, -0.05) is 6.07 Å². The van der Waals surface area contributed by atoms with E-state index in [0.29, 0.717) is 6.04 Å². The molecule has 0 bridgehead atoms. The minimum absolute atomic E-state index is 0.422. The van der Waals surface area contributed by atoms with Gasteiger partial charge in [0, 0.05) is 21.2 Å². The third-order valence-electron chi connectivity index (χ3n) is 2.78. The van der Waals surface area contributed by atoms with E-state index in [2.05, 4.69) is 34.3 Å². The van der Waals surface area contributed by atoms with Crippen LogP contribution >= 0.6 is 22.7 Å². The molecule has 0 aliphatic rings. The molecule has 2 rings (SSSR count). The zero-order valence-electron chi connectivity index (χ0n) is 10.1. The first-order chi connectivity index (χ1) is 8.33. The Hall–Kier alpha value is -0.840. The highest BCUT2D eigenvalue weighted by molar-refractivity contribution is 7.10. The van der Waals surface area contributed by atoms with Crippen LogP contribution in [0.25, 0.3) is 0 Å². The summed E-state index contributed by atoms with van der Waals surface area (Å²) in [6, 6.07) is 6.86. The van der Waals surface area contributed by atoms with Crippen LogP contribution < -0.4 is 10.1 Å². The largest absolute Gasteiger partial charge is 0.496 e. The van der Waals surface area contributed by atoms with Gasteiger partial charge in [-0.3, -0.25) is 0 Å². The molecule has 17 heavy (non-hydrogen) atoms. The molecule has 1 atom stereocenters. The Morgan fingerprint density at radius 3 is 2.88 bits per heavy atom. The summed E-state index contributed by atoms with van der Waals surface area (Å²) < 4.78 is 5.22. The molecule has 2 aromatic heterocycles. The van der Waals surface area contributed by atoms with E-state index in [-0.39, 0.29) is 0 Å². The van der Waals surface area contributed by atoms with Gasteiger partial charge < -0.3 is 10.1 Å². The van der Waals surface area contributed by atoms with E-state index in [1.807, 2.05) is 18.4 Å². The Labute approximate surface area is 110 Å². The lowest BCUT2D eigenvalue weighted by Gasteiger charge is -2.13. The van der Waals surface area contributed by atoms with Crippen LogP contribution in [0.2, 0.25) is 0 Å². The SMILES string of the molecule is CNC(CCc1cccs1)c1cc(OC)cs1. The van der Waals surface area contributed by atoms with Crippen LogP contribution in [0.15, 0.2) is 29.0 Å². The predicted molar refractivity (Wildman–Crippen MR) is 75.3 cm³/mol. The van der Waals surface area contributed by atoms with Crippen LogP contribution in [0.4, 0.5) is 0 Å². The van der Waals surface area contributed by atoms with Crippen molar-refractivity contribution >= 4 is 22.7 Å². The van der Waals surface area contributed by atoms with Crippen molar-refractivity contribution in [3.8, 4) is 5.75 Å². The molecule has 92 valence electrons. The average Bonchev–Trinajstić information content (AvgIpc) is 3.00. The van der Waals surface area contributed by atoms with Gasteiger partial charge in [0.1, 0.15) is 5.75 Å². The lowest BCUT2D eigenvalue weighted by Crippen LogP contribution is -2.15. The molecule has 0 spiro atoms. The number of methoxy groups -OCH3 is 1. The number of hydrogen-bond donors (Lipinski definition) is 1. The number of rotatable bonds is 6. The maximum atomic E-state index is 5.22. The van der Waals surface area contributed by atoms with E-state index in [4.69, 9.17) is 4.74 Å². The van der Waals surface area contributed by atoms with Gasteiger partial charge in [-0.15, -0.1) is 22.7 Å². The fourth-order valence-corrected chi connectivity index (χ4v) is 3.52. The molecule has 2 heterocycles. The molecular formula is C13H17NOS2. The molecule has 0 saturated carbocycles. The normalized spacial score (nSPS) is 12.6. The monoisotopic (exact) mass is 267 g/mol. The molecule has 2 nitrogen and oxygen atoms in total. The molecular weight excluding hydrogens is 250 g/mol. The lowest BCUT2D eigenvalue weighted by molar-refractivity contribution is 0.415. The summed E-state index contributed by atoms with van der Waals surface area (Å²) in [4.78, 5) is 2.80. The van der Waals surface area contributed by atoms with E-state index < -0.39 is 0 Å². The minimum atomic E-state index is 0.422. The fourth-order valence-electron chi connectivity index (χ4n) is 1.79. The summed E-state index contributed by atoms with van der Waals surface area (Å²) in [6.45, 7) is 0. The Morgan fingerprint density at radius 1 is 1.41 bits per heavy atom. The number of thiophene rings is 2. The molecule has 0 radical (unpaired) electrons. The number of hydrogen-bond acceptors (Lipinski definition) is 4. The first kappa shape index (κ1) is 12.6. The second-order valence-electron chi connectivity index (χ2n) is 3.85. The Kier molecular flexibility index (Phi) is 4.59. The second-order valence-corrected chi connectivity index (χ2v) is 5.82. The van der Waals surface area contributed by atoms with E-state index in [0.717, 1.165) is 18.6 Å².